The van der Waals surface area contributed by atoms with Crippen molar-refractivity contribution in [1.82, 2.24) is 0 Å². The lowest BCUT2D eigenvalue weighted by molar-refractivity contribution is -0.138. The molecule has 0 fully saturated rings. The van der Waals surface area contributed by atoms with Gasteiger partial charge in [-0.2, -0.15) is 13.2 Å². The third-order valence-corrected chi connectivity index (χ3v) is 2.45. The van der Waals surface area contributed by atoms with E-state index in [0.29, 0.717) is 12.1 Å². The predicted octanol–water partition coefficient (Wildman–Crippen LogP) is 2.49. The molecular weight excluding hydrogens is 310 g/mol. The molecule has 0 aliphatic carbocycles. The standard InChI is InChI=1S/C13H11F4NO4/c1-21-10(19)6-9(12(20)22-2)18-11-7(13(15,16)17)4-3-5-8(11)14/h3-6,18H,1-2H3/b9-6+. The Morgan fingerprint density at radius 2 is 1.82 bits per heavy atom. The van der Waals surface area contributed by atoms with Crippen LogP contribution in [0.5, 0.6) is 0 Å². The number of benzene rings is 1. The molecule has 9 heteroatoms. The first-order valence-corrected chi connectivity index (χ1v) is 5.71. The van der Waals surface area contributed by atoms with Crippen molar-refractivity contribution in [3.63, 3.8) is 0 Å². The monoisotopic (exact) mass is 321 g/mol. The van der Waals surface area contributed by atoms with E-state index < -0.39 is 40.9 Å². The van der Waals surface area contributed by atoms with Crippen molar-refractivity contribution < 1.29 is 36.6 Å². The zero-order chi connectivity index (χ0) is 16.9. The van der Waals surface area contributed by atoms with E-state index in [1.165, 1.54) is 0 Å². The second kappa shape index (κ2) is 6.92. The Morgan fingerprint density at radius 1 is 1.18 bits per heavy atom. The fourth-order valence-electron chi connectivity index (χ4n) is 1.45. The molecule has 1 rings (SSSR count). The van der Waals surface area contributed by atoms with Crippen molar-refractivity contribution in [2.75, 3.05) is 19.5 Å². The van der Waals surface area contributed by atoms with Gasteiger partial charge in [-0.15, -0.1) is 0 Å². The van der Waals surface area contributed by atoms with Crippen LogP contribution >= 0.6 is 0 Å². The molecule has 0 aliphatic rings. The maximum atomic E-state index is 13.7. The van der Waals surface area contributed by atoms with Gasteiger partial charge in [0.1, 0.15) is 11.5 Å². The van der Waals surface area contributed by atoms with Crippen molar-refractivity contribution in [3.8, 4) is 0 Å². The molecule has 0 atom stereocenters. The van der Waals surface area contributed by atoms with Crippen molar-refractivity contribution >= 4 is 17.6 Å². The second-order valence-electron chi connectivity index (χ2n) is 3.86. The van der Waals surface area contributed by atoms with E-state index in [0.717, 1.165) is 26.4 Å². The number of hydrogen-bond acceptors (Lipinski definition) is 5. The minimum Gasteiger partial charge on any atom is -0.466 e. The number of nitrogens with one attached hydrogen (secondary N) is 1. The van der Waals surface area contributed by atoms with E-state index in [4.69, 9.17) is 0 Å². The van der Waals surface area contributed by atoms with Gasteiger partial charge in [-0.25, -0.2) is 14.0 Å². The lowest BCUT2D eigenvalue weighted by Crippen LogP contribution is -2.19. The second-order valence-corrected chi connectivity index (χ2v) is 3.86. The summed E-state index contributed by atoms with van der Waals surface area (Å²) in [4.78, 5) is 22.6. The van der Waals surface area contributed by atoms with Crippen LogP contribution in [-0.4, -0.2) is 26.2 Å². The molecule has 0 saturated carbocycles. The quantitative estimate of drug-likeness (QED) is 0.524. The number of esters is 2. The van der Waals surface area contributed by atoms with Gasteiger partial charge in [-0.3, -0.25) is 0 Å². The Labute approximate surface area is 122 Å². The molecule has 0 bridgehead atoms. The number of alkyl halides is 3. The average Bonchev–Trinajstić information content (AvgIpc) is 2.46. The summed E-state index contributed by atoms with van der Waals surface area (Å²) in [7, 11) is 1.94. The highest BCUT2D eigenvalue weighted by Gasteiger charge is 2.35. The molecule has 1 aromatic rings. The Hall–Kier alpha value is -2.58. The number of halogens is 4. The highest BCUT2D eigenvalue weighted by Crippen LogP contribution is 2.36. The smallest absolute Gasteiger partial charge is 0.418 e. The zero-order valence-electron chi connectivity index (χ0n) is 11.5. The Bertz CT molecular complexity index is 611. The van der Waals surface area contributed by atoms with Gasteiger partial charge in [-0.05, 0) is 12.1 Å². The van der Waals surface area contributed by atoms with Crippen LogP contribution < -0.4 is 5.32 Å². The fraction of sp³-hybridized carbons (Fsp3) is 0.231. The summed E-state index contributed by atoms with van der Waals surface area (Å²) >= 11 is 0. The average molecular weight is 321 g/mol. The van der Waals surface area contributed by atoms with Crippen LogP contribution in [-0.2, 0) is 25.2 Å². The van der Waals surface area contributed by atoms with Gasteiger partial charge < -0.3 is 14.8 Å². The molecule has 0 aromatic heterocycles. The molecule has 0 radical (unpaired) electrons. The largest absolute Gasteiger partial charge is 0.466 e. The van der Waals surface area contributed by atoms with Crippen LogP contribution in [0.25, 0.3) is 0 Å². The summed E-state index contributed by atoms with van der Waals surface area (Å²) in [5.74, 6) is -3.45. The van der Waals surface area contributed by atoms with E-state index in [-0.39, 0.29) is 0 Å². The van der Waals surface area contributed by atoms with Crippen molar-refractivity contribution in [3.05, 3.63) is 41.4 Å². The summed E-state index contributed by atoms with van der Waals surface area (Å²) in [6, 6.07) is 2.26. The van der Waals surface area contributed by atoms with E-state index in [1.54, 1.807) is 0 Å². The minimum atomic E-state index is -4.86. The molecule has 1 N–H and O–H groups in total. The number of para-hydroxylation sites is 1. The molecule has 120 valence electrons. The van der Waals surface area contributed by atoms with Gasteiger partial charge in [-0.1, -0.05) is 6.07 Å². The number of hydrogen-bond donors (Lipinski definition) is 1. The summed E-state index contributed by atoms with van der Waals surface area (Å²) in [5, 5.41) is 1.93. The highest BCUT2D eigenvalue weighted by molar-refractivity contribution is 5.98. The minimum absolute atomic E-state index is 0.554. The number of anilines is 1. The normalized spacial score (nSPS) is 11.8. The summed E-state index contributed by atoms with van der Waals surface area (Å²) < 4.78 is 60.8. The molecule has 0 aliphatic heterocycles. The van der Waals surface area contributed by atoms with E-state index in [9.17, 15) is 27.2 Å². The molecule has 0 spiro atoms. The molecular formula is C13H11F4NO4. The molecule has 0 amide bonds. The molecule has 1 aromatic carbocycles. The van der Waals surface area contributed by atoms with Crippen molar-refractivity contribution in [2.45, 2.75) is 6.18 Å². The topological polar surface area (TPSA) is 64.6 Å². The number of carbonyl (C=O) groups is 2. The molecule has 5 nitrogen and oxygen atoms in total. The van der Waals surface area contributed by atoms with Crippen molar-refractivity contribution in [2.24, 2.45) is 0 Å². The van der Waals surface area contributed by atoms with Gasteiger partial charge in [0.05, 0.1) is 31.5 Å². The molecule has 0 unspecified atom stereocenters. The maximum Gasteiger partial charge on any atom is 0.418 e. The summed E-state index contributed by atoms with van der Waals surface area (Å²) in [5.41, 5.74) is -3.05. The van der Waals surface area contributed by atoms with Crippen LogP contribution in [0.4, 0.5) is 23.2 Å². The molecule has 22 heavy (non-hydrogen) atoms. The number of methoxy groups -OCH3 is 2. The first kappa shape index (κ1) is 17.5. The van der Waals surface area contributed by atoms with Gasteiger partial charge in [0, 0.05) is 0 Å². The lowest BCUT2D eigenvalue weighted by Gasteiger charge is -2.16. The van der Waals surface area contributed by atoms with Crippen molar-refractivity contribution in [1.29, 1.82) is 0 Å². The maximum absolute atomic E-state index is 13.7. The van der Waals surface area contributed by atoms with Gasteiger partial charge in [0.15, 0.2) is 0 Å². The van der Waals surface area contributed by atoms with Crippen LogP contribution in [0.2, 0.25) is 0 Å². The van der Waals surface area contributed by atoms with Gasteiger partial charge in [0.25, 0.3) is 0 Å². The fourth-order valence-corrected chi connectivity index (χ4v) is 1.45. The Balaban J connectivity index is 3.33. The SMILES string of the molecule is COC(=O)/C=C(/Nc1c(F)cccc1C(F)(F)F)C(=O)OC. The zero-order valence-corrected chi connectivity index (χ0v) is 11.5. The Morgan fingerprint density at radius 3 is 2.32 bits per heavy atom. The van der Waals surface area contributed by atoms with E-state index in [2.05, 4.69) is 9.47 Å². The third kappa shape index (κ3) is 4.21. The number of ether oxygens (including phenoxy) is 2. The highest BCUT2D eigenvalue weighted by atomic mass is 19.4. The lowest BCUT2D eigenvalue weighted by atomic mass is 10.1. The van der Waals surface area contributed by atoms with Crippen LogP contribution in [0.1, 0.15) is 5.56 Å². The Kier molecular flexibility index (Phi) is 5.50. The van der Waals surface area contributed by atoms with Crippen LogP contribution in [0.3, 0.4) is 0 Å². The number of rotatable bonds is 4. The number of carbonyl (C=O) groups excluding carboxylic acids is 2. The van der Waals surface area contributed by atoms with E-state index in [1.807, 2.05) is 5.32 Å². The third-order valence-electron chi connectivity index (χ3n) is 2.45. The van der Waals surface area contributed by atoms with E-state index >= 15 is 0 Å². The van der Waals surface area contributed by atoms with Crippen LogP contribution in [0, 0.1) is 5.82 Å². The predicted molar refractivity (Wildman–Crippen MR) is 67.1 cm³/mol. The molecule has 0 saturated heterocycles. The first-order chi connectivity index (χ1) is 10.2. The molecule has 0 heterocycles. The van der Waals surface area contributed by atoms with Gasteiger partial charge in [0.2, 0.25) is 0 Å². The summed E-state index contributed by atoms with van der Waals surface area (Å²) in [6.45, 7) is 0. The summed E-state index contributed by atoms with van der Waals surface area (Å²) in [6.07, 6.45) is -4.31. The van der Waals surface area contributed by atoms with Crippen LogP contribution in [0.15, 0.2) is 30.0 Å². The van der Waals surface area contributed by atoms with Gasteiger partial charge >= 0.3 is 18.1 Å². The first-order valence-electron chi connectivity index (χ1n) is 5.71.